The molecular weight excluding hydrogens is 435 g/mol. The number of carbonyl (C=O) groups excluding carboxylic acids is 2. The Hall–Kier alpha value is -1.51. The molecule has 2 rings (SSSR count). The van der Waals surface area contributed by atoms with Gasteiger partial charge in [-0.05, 0) is 68.5 Å². The first kappa shape index (κ1) is 19.8. The van der Waals surface area contributed by atoms with E-state index in [0.717, 1.165) is 9.26 Å². The van der Waals surface area contributed by atoms with Crippen LogP contribution in [0.2, 0.25) is 0 Å². The number of piperazine rings is 1. The molecule has 0 saturated carbocycles. The van der Waals surface area contributed by atoms with Gasteiger partial charge in [0.1, 0.15) is 5.60 Å². The van der Waals surface area contributed by atoms with Crippen LogP contribution >= 0.6 is 22.6 Å². The van der Waals surface area contributed by atoms with Crippen LogP contribution in [-0.4, -0.2) is 55.3 Å². The average Bonchev–Trinajstić information content (AvgIpc) is 2.52. The first-order valence-corrected chi connectivity index (χ1v) is 9.32. The number of amides is 1. The maximum Gasteiger partial charge on any atom is 0.410 e. The van der Waals surface area contributed by atoms with E-state index in [9.17, 15) is 9.59 Å². The van der Waals surface area contributed by atoms with Crippen LogP contribution in [0.4, 0.5) is 10.5 Å². The number of nitrogens with zero attached hydrogens (tertiary/aromatic N) is 2. The number of benzene rings is 1. The highest BCUT2D eigenvalue weighted by Gasteiger charge is 2.30. The van der Waals surface area contributed by atoms with Gasteiger partial charge in [0.05, 0.1) is 18.4 Å². The van der Waals surface area contributed by atoms with Crippen molar-refractivity contribution in [3.63, 3.8) is 0 Å². The minimum atomic E-state index is -0.490. The molecule has 0 radical (unpaired) electrons. The summed E-state index contributed by atoms with van der Waals surface area (Å²) in [6, 6.07) is 5.69. The van der Waals surface area contributed by atoms with Gasteiger partial charge in [0.25, 0.3) is 0 Å². The Morgan fingerprint density at radius 1 is 1.24 bits per heavy atom. The minimum absolute atomic E-state index is 0.152. The number of rotatable bonds is 2. The molecule has 0 N–H and O–H groups in total. The van der Waals surface area contributed by atoms with Gasteiger partial charge in [0.2, 0.25) is 0 Å². The van der Waals surface area contributed by atoms with E-state index in [1.165, 1.54) is 7.11 Å². The average molecular weight is 460 g/mol. The Labute approximate surface area is 162 Å². The molecule has 1 saturated heterocycles. The lowest BCUT2D eigenvalue weighted by molar-refractivity contribution is 0.0218. The zero-order valence-corrected chi connectivity index (χ0v) is 17.5. The van der Waals surface area contributed by atoms with E-state index in [1.54, 1.807) is 11.0 Å². The van der Waals surface area contributed by atoms with Crippen molar-refractivity contribution in [2.75, 3.05) is 31.6 Å². The van der Waals surface area contributed by atoms with Crippen LogP contribution in [0, 0.1) is 3.57 Å². The molecule has 1 amide bonds. The summed E-state index contributed by atoms with van der Waals surface area (Å²) in [5.74, 6) is -0.341. The number of halogens is 1. The van der Waals surface area contributed by atoms with Gasteiger partial charge >= 0.3 is 12.1 Å². The van der Waals surface area contributed by atoms with Crippen molar-refractivity contribution >= 4 is 40.3 Å². The van der Waals surface area contributed by atoms with E-state index >= 15 is 0 Å². The molecule has 1 atom stereocenters. The highest BCUT2D eigenvalue weighted by Crippen LogP contribution is 2.28. The Kier molecular flexibility index (Phi) is 6.18. The summed E-state index contributed by atoms with van der Waals surface area (Å²) in [6.45, 7) is 9.62. The third-order valence-corrected chi connectivity index (χ3v) is 4.82. The van der Waals surface area contributed by atoms with Gasteiger partial charge in [-0.2, -0.15) is 0 Å². The molecule has 0 aliphatic carbocycles. The zero-order chi connectivity index (χ0) is 18.8. The minimum Gasteiger partial charge on any atom is -0.465 e. The third-order valence-electron chi connectivity index (χ3n) is 3.96. The fourth-order valence-electron chi connectivity index (χ4n) is 2.79. The highest BCUT2D eigenvalue weighted by molar-refractivity contribution is 14.1. The molecule has 1 fully saturated rings. The maximum absolute atomic E-state index is 12.3. The number of hydrogen-bond donors (Lipinski definition) is 0. The van der Waals surface area contributed by atoms with Crippen LogP contribution < -0.4 is 4.90 Å². The second-order valence-electron chi connectivity index (χ2n) is 7.13. The Morgan fingerprint density at radius 2 is 1.92 bits per heavy atom. The third kappa shape index (κ3) is 4.99. The normalized spacial score (nSPS) is 18.1. The van der Waals surface area contributed by atoms with E-state index in [4.69, 9.17) is 9.47 Å². The number of hydrogen-bond acceptors (Lipinski definition) is 5. The summed E-state index contributed by atoms with van der Waals surface area (Å²) < 4.78 is 11.2. The van der Waals surface area contributed by atoms with Crippen LogP contribution in [0.1, 0.15) is 38.1 Å². The smallest absolute Gasteiger partial charge is 0.410 e. The molecule has 0 aromatic heterocycles. The van der Waals surface area contributed by atoms with Gasteiger partial charge in [0.15, 0.2) is 0 Å². The lowest BCUT2D eigenvalue weighted by atomic mass is 10.1. The molecule has 1 aliphatic heterocycles. The maximum atomic E-state index is 12.3. The summed E-state index contributed by atoms with van der Waals surface area (Å²) in [5.41, 5.74) is 1.11. The predicted octanol–water partition coefficient (Wildman–Crippen LogP) is 3.52. The second kappa shape index (κ2) is 7.80. The van der Waals surface area contributed by atoms with Gasteiger partial charge in [-0.3, -0.25) is 0 Å². The number of methoxy groups -OCH3 is 1. The summed E-state index contributed by atoms with van der Waals surface area (Å²) in [5, 5.41) is 0. The lowest BCUT2D eigenvalue weighted by Crippen LogP contribution is -2.54. The summed E-state index contributed by atoms with van der Waals surface area (Å²) in [6.07, 6.45) is -0.269. The number of esters is 1. The molecule has 0 spiro atoms. The second-order valence-corrected chi connectivity index (χ2v) is 8.29. The van der Waals surface area contributed by atoms with Crippen LogP contribution in [0.3, 0.4) is 0 Å². The van der Waals surface area contributed by atoms with Crippen molar-refractivity contribution in [1.82, 2.24) is 4.90 Å². The largest absolute Gasteiger partial charge is 0.465 e. The molecule has 1 unspecified atom stereocenters. The Morgan fingerprint density at radius 3 is 2.44 bits per heavy atom. The predicted molar refractivity (Wildman–Crippen MR) is 105 cm³/mol. The van der Waals surface area contributed by atoms with Gasteiger partial charge in [-0.25, -0.2) is 9.59 Å². The van der Waals surface area contributed by atoms with Crippen LogP contribution in [-0.2, 0) is 9.47 Å². The van der Waals surface area contributed by atoms with Crippen molar-refractivity contribution in [2.24, 2.45) is 0 Å². The number of carbonyl (C=O) groups is 2. The molecule has 0 bridgehead atoms. The quantitative estimate of drug-likeness (QED) is 0.500. The van der Waals surface area contributed by atoms with Crippen molar-refractivity contribution in [3.8, 4) is 0 Å². The molecule has 1 aromatic carbocycles. The zero-order valence-electron chi connectivity index (χ0n) is 15.3. The van der Waals surface area contributed by atoms with E-state index in [1.807, 2.05) is 32.9 Å². The SMILES string of the molecule is COC(=O)c1ccc(N2CCN(C(=O)OC(C)(C)C)CC2C)c(I)c1. The topological polar surface area (TPSA) is 59.1 Å². The van der Waals surface area contributed by atoms with E-state index in [-0.39, 0.29) is 18.1 Å². The molecule has 1 heterocycles. The number of ether oxygens (including phenoxy) is 2. The first-order chi connectivity index (χ1) is 11.6. The van der Waals surface area contributed by atoms with E-state index < -0.39 is 5.60 Å². The van der Waals surface area contributed by atoms with Crippen molar-refractivity contribution < 1.29 is 19.1 Å². The molecule has 1 aliphatic rings. The summed E-state index contributed by atoms with van der Waals surface area (Å²) in [4.78, 5) is 27.9. The van der Waals surface area contributed by atoms with E-state index in [2.05, 4.69) is 34.4 Å². The lowest BCUT2D eigenvalue weighted by Gasteiger charge is -2.41. The summed E-state index contributed by atoms with van der Waals surface area (Å²) >= 11 is 2.23. The Balaban J connectivity index is 2.09. The van der Waals surface area contributed by atoms with Crippen molar-refractivity contribution in [2.45, 2.75) is 39.3 Å². The summed E-state index contributed by atoms with van der Waals surface area (Å²) in [7, 11) is 1.38. The monoisotopic (exact) mass is 460 g/mol. The van der Waals surface area contributed by atoms with Crippen LogP contribution in [0.5, 0.6) is 0 Å². The Bertz CT molecular complexity index is 657. The molecular formula is C18H25IN2O4. The van der Waals surface area contributed by atoms with Gasteiger partial charge in [0, 0.05) is 29.2 Å². The van der Waals surface area contributed by atoms with Gasteiger partial charge in [-0.15, -0.1) is 0 Å². The van der Waals surface area contributed by atoms with Crippen molar-refractivity contribution in [3.05, 3.63) is 27.3 Å². The molecule has 6 nitrogen and oxygen atoms in total. The number of anilines is 1. The molecule has 1 aromatic rings. The van der Waals surface area contributed by atoms with Gasteiger partial charge < -0.3 is 19.3 Å². The fourth-order valence-corrected chi connectivity index (χ4v) is 3.62. The standard InChI is InChI=1S/C18H25IN2O4/c1-12-11-20(17(23)25-18(2,3)4)8-9-21(12)15-7-6-13(10-14(15)19)16(22)24-5/h6-7,10,12H,8-9,11H2,1-5H3. The van der Waals surface area contributed by atoms with Gasteiger partial charge in [-0.1, -0.05) is 0 Å². The van der Waals surface area contributed by atoms with Crippen molar-refractivity contribution in [1.29, 1.82) is 0 Å². The highest BCUT2D eigenvalue weighted by atomic mass is 127. The van der Waals surface area contributed by atoms with Crippen LogP contribution in [0.25, 0.3) is 0 Å². The molecule has 7 heteroatoms. The fraction of sp³-hybridized carbons (Fsp3) is 0.556. The van der Waals surface area contributed by atoms with E-state index in [0.29, 0.717) is 25.2 Å². The molecule has 25 heavy (non-hydrogen) atoms. The van der Waals surface area contributed by atoms with Crippen LogP contribution in [0.15, 0.2) is 18.2 Å². The molecule has 138 valence electrons. The first-order valence-electron chi connectivity index (χ1n) is 8.25.